The smallest absolute Gasteiger partial charge is 0.237 e. The lowest BCUT2D eigenvalue weighted by Crippen LogP contribution is -2.15. The van der Waals surface area contributed by atoms with Crippen molar-refractivity contribution in [1.82, 2.24) is 9.97 Å². The largest absolute Gasteiger partial charge is 0.497 e. The molecule has 0 spiro atoms. The Balaban J connectivity index is 2.46. The molecule has 136 valence electrons. The SMILES string of the molecule is COc1ccc(Cc2nc(NS(C)(=O)=O)nc(CO)c2C)c(OC)c1. The first-order chi connectivity index (χ1) is 11.8. The molecule has 2 aromatic rings. The van der Waals surface area contributed by atoms with Gasteiger partial charge in [0.05, 0.1) is 38.5 Å². The van der Waals surface area contributed by atoms with Gasteiger partial charge in [-0.25, -0.2) is 18.4 Å². The van der Waals surface area contributed by atoms with Crippen LogP contribution in [0.5, 0.6) is 11.5 Å². The Morgan fingerprint density at radius 1 is 1.16 bits per heavy atom. The fraction of sp³-hybridized carbons (Fsp3) is 0.375. The molecule has 0 saturated heterocycles. The zero-order chi connectivity index (χ0) is 18.6. The Kier molecular flexibility index (Phi) is 5.81. The van der Waals surface area contributed by atoms with E-state index in [4.69, 9.17) is 9.47 Å². The Morgan fingerprint density at radius 3 is 2.40 bits per heavy atom. The summed E-state index contributed by atoms with van der Waals surface area (Å²) in [5.74, 6) is 1.22. The van der Waals surface area contributed by atoms with Crippen molar-refractivity contribution in [2.45, 2.75) is 20.0 Å². The molecule has 2 rings (SSSR count). The van der Waals surface area contributed by atoms with E-state index >= 15 is 0 Å². The van der Waals surface area contributed by atoms with E-state index in [2.05, 4.69) is 14.7 Å². The van der Waals surface area contributed by atoms with E-state index < -0.39 is 10.0 Å². The van der Waals surface area contributed by atoms with Crippen LogP contribution in [0.2, 0.25) is 0 Å². The predicted molar refractivity (Wildman–Crippen MR) is 93.5 cm³/mol. The van der Waals surface area contributed by atoms with E-state index in [0.29, 0.717) is 34.9 Å². The molecule has 0 amide bonds. The van der Waals surface area contributed by atoms with Crippen LogP contribution in [-0.4, -0.2) is 44.0 Å². The van der Waals surface area contributed by atoms with Gasteiger partial charge in [-0.15, -0.1) is 0 Å². The molecule has 0 aliphatic carbocycles. The molecule has 0 aliphatic rings. The molecule has 8 nitrogen and oxygen atoms in total. The average molecular weight is 367 g/mol. The molecule has 9 heteroatoms. The number of aliphatic hydroxyl groups excluding tert-OH is 1. The topological polar surface area (TPSA) is 111 Å². The first-order valence-corrected chi connectivity index (χ1v) is 9.32. The van der Waals surface area contributed by atoms with Gasteiger partial charge in [0.1, 0.15) is 11.5 Å². The van der Waals surface area contributed by atoms with Gasteiger partial charge in [0, 0.05) is 18.1 Å². The number of rotatable bonds is 7. The number of methoxy groups -OCH3 is 2. The highest BCUT2D eigenvalue weighted by atomic mass is 32.2. The fourth-order valence-corrected chi connectivity index (χ4v) is 2.75. The quantitative estimate of drug-likeness (QED) is 0.758. The van der Waals surface area contributed by atoms with E-state index in [1.165, 1.54) is 0 Å². The maximum Gasteiger partial charge on any atom is 0.237 e. The van der Waals surface area contributed by atoms with Gasteiger partial charge >= 0.3 is 0 Å². The monoisotopic (exact) mass is 367 g/mol. The van der Waals surface area contributed by atoms with Crippen LogP contribution in [-0.2, 0) is 23.1 Å². The van der Waals surface area contributed by atoms with Crippen molar-refractivity contribution in [2.75, 3.05) is 25.2 Å². The molecule has 0 bridgehead atoms. The van der Waals surface area contributed by atoms with Crippen LogP contribution in [0.3, 0.4) is 0 Å². The molecule has 0 atom stereocenters. The average Bonchev–Trinajstić information content (AvgIpc) is 2.56. The van der Waals surface area contributed by atoms with Crippen molar-refractivity contribution in [1.29, 1.82) is 0 Å². The van der Waals surface area contributed by atoms with Gasteiger partial charge in [-0.3, -0.25) is 4.72 Å². The molecular weight excluding hydrogens is 346 g/mol. The fourth-order valence-electron chi connectivity index (χ4n) is 2.33. The number of hydrogen-bond acceptors (Lipinski definition) is 7. The zero-order valence-corrected chi connectivity index (χ0v) is 15.3. The highest BCUT2D eigenvalue weighted by Crippen LogP contribution is 2.27. The molecule has 0 unspecified atom stereocenters. The number of aromatic nitrogens is 2. The van der Waals surface area contributed by atoms with Crippen molar-refractivity contribution in [2.24, 2.45) is 0 Å². The van der Waals surface area contributed by atoms with Gasteiger partial charge in [-0.2, -0.15) is 0 Å². The molecule has 0 aliphatic heterocycles. The number of aliphatic hydroxyl groups is 1. The van der Waals surface area contributed by atoms with E-state index in [1.807, 2.05) is 6.07 Å². The lowest BCUT2D eigenvalue weighted by Gasteiger charge is -2.14. The second-order valence-corrected chi connectivity index (χ2v) is 7.20. The van der Waals surface area contributed by atoms with Gasteiger partial charge in [0.25, 0.3) is 0 Å². The van der Waals surface area contributed by atoms with Gasteiger partial charge in [-0.05, 0) is 18.6 Å². The standard InChI is InChI=1S/C16H21N3O5S/c1-10-13(7-11-5-6-12(23-2)8-15(11)24-3)17-16(18-14(10)9-20)19-25(4,21)22/h5-6,8,20H,7,9H2,1-4H3,(H,17,18,19). The lowest BCUT2D eigenvalue weighted by molar-refractivity contribution is 0.275. The summed E-state index contributed by atoms with van der Waals surface area (Å²) in [4.78, 5) is 8.33. The molecule has 0 radical (unpaired) electrons. The van der Waals surface area contributed by atoms with Crippen LogP contribution in [0.4, 0.5) is 5.95 Å². The maximum atomic E-state index is 11.4. The van der Waals surface area contributed by atoms with Gasteiger partial charge in [-0.1, -0.05) is 6.07 Å². The normalized spacial score (nSPS) is 11.2. The third kappa shape index (κ3) is 4.80. The Hall–Kier alpha value is -2.39. The Morgan fingerprint density at radius 2 is 1.84 bits per heavy atom. The van der Waals surface area contributed by atoms with Crippen LogP contribution < -0.4 is 14.2 Å². The molecule has 0 saturated carbocycles. The number of nitrogens with zero attached hydrogens (tertiary/aromatic N) is 2. The summed E-state index contributed by atoms with van der Waals surface area (Å²) in [5, 5.41) is 9.49. The zero-order valence-electron chi connectivity index (χ0n) is 14.5. The summed E-state index contributed by atoms with van der Waals surface area (Å²) in [6, 6.07) is 5.41. The van der Waals surface area contributed by atoms with Gasteiger partial charge in [0.15, 0.2) is 0 Å². The highest BCUT2D eigenvalue weighted by molar-refractivity contribution is 7.91. The van der Waals surface area contributed by atoms with Crippen molar-refractivity contribution in [3.05, 3.63) is 40.7 Å². The van der Waals surface area contributed by atoms with Gasteiger partial charge < -0.3 is 14.6 Å². The number of benzene rings is 1. The first kappa shape index (κ1) is 18.9. The summed E-state index contributed by atoms with van der Waals surface area (Å²) in [7, 11) is -0.399. The minimum absolute atomic E-state index is 0.0698. The summed E-state index contributed by atoms with van der Waals surface area (Å²) in [6.07, 6.45) is 1.40. The van der Waals surface area contributed by atoms with E-state index in [9.17, 15) is 13.5 Å². The molecule has 1 aromatic heterocycles. The molecular formula is C16H21N3O5S. The molecule has 2 N–H and O–H groups in total. The Bertz CT molecular complexity index is 868. The van der Waals surface area contributed by atoms with E-state index in [1.54, 1.807) is 33.3 Å². The third-order valence-corrected chi connectivity index (χ3v) is 4.18. The number of sulfonamides is 1. The summed E-state index contributed by atoms with van der Waals surface area (Å²) in [6.45, 7) is 1.46. The highest BCUT2D eigenvalue weighted by Gasteiger charge is 2.15. The lowest BCUT2D eigenvalue weighted by atomic mass is 10.0. The van der Waals surface area contributed by atoms with Crippen molar-refractivity contribution in [3.63, 3.8) is 0 Å². The Labute approximate surface area is 146 Å². The van der Waals surface area contributed by atoms with Crippen LogP contribution in [0.25, 0.3) is 0 Å². The number of hydrogen-bond donors (Lipinski definition) is 2. The second-order valence-electron chi connectivity index (χ2n) is 5.45. The van der Waals surface area contributed by atoms with Crippen molar-refractivity contribution in [3.8, 4) is 11.5 Å². The molecule has 25 heavy (non-hydrogen) atoms. The second kappa shape index (κ2) is 7.66. The third-order valence-electron chi connectivity index (χ3n) is 3.63. The van der Waals surface area contributed by atoms with Crippen LogP contribution >= 0.6 is 0 Å². The van der Waals surface area contributed by atoms with Crippen LogP contribution in [0, 0.1) is 6.92 Å². The molecule has 0 fully saturated rings. The number of nitrogens with one attached hydrogen (secondary N) is 1. The maximum absolute atomic E-state index is 11.4. The molecule has 1 heterocycles. The van der Waals surface area contributed by atoms with Crippen LogP contribution in [0.15, 0.2) is 18.2 Å². The van der Waals surface area contributed by atoms with Crippen molar-refractivity contribution >= 4 is 16.0 Å². The van der Waals surface area contributed by atoms with Crippen molar-refractivity contribution < 1.29 is 23.0 Å². The van der Waals surface area contributed by atoms with Crippen LogP contribution in [0.1, 0.15) is 22.5 Å². The number of anilines is 1. The predicted octanol–water partition coefficient (Wildman–Crippen LogP) is 1.26. The summed E-state index contributed by atoms with van der Waals surface area (Å²) >= 11 is 0. The minimum Gasteiger partial charge on any atom is -0.497 e. The summed E-state index contributed by atoms with van der Waals surface area (Å²) in [5.41, 5.74) is 2.50. The van der Waals surface area contributed by atoms with Gasteiger partial charge in [0.2, 0.25) is 16.0 Å². The first-order valence-electron chi connectivity index (χ1n) is 7.43. The molecule has 1 aromatic carbocycles. The van der Waals surface area contributed by atoms with E-state index in [0.717, 1.165) is 11.8 Å². The van der Waals surface area contributed by atoms with E-state index in [-0.39, 0.29) is 12.6 Å². The minimum atomic E-state index is -3.52. The summed E-state index contributed by atoms with van der Waals surface area (Å²) < 4.78 is 35.7. The number of ether oxygens (including phenoxy) is 2.